The maximum Gasteiger partial charge on any atom is 0.305 e. The molecule has 3 heteroatoms. The third kappa shape index (κ3) is 21.7. The summed E-state index contributed by atoms with van der Waals surface area (Å²) in [6.45, 7) is 2.21. The van der Waals surface area contributed by atoms with Crippen molar-refractivity contribution in [2.75, 3.05) is 7.11 Å². The van der Waals surface area contributed by atoms with Gasteiger partial charge in [-0.2, -0.15) is 0 Å². The van der Waals surface area contributed by atoms with Gasteiger partial charge in [0.05, 0.1) is 13.2 Å². The second kappa shape index (κ2) is 22.7. The predicted molar refractivity (Wildman–Crippen MR) is 121 cm³/mol. The number of unbranched alkanes of at least 4 members (excludes halogenated alkanes) is 16. The number of esters is 1. The SMILES string of the molecule is CCCCCC(O)CCCCCCCCCCCCCCCCCC(=O)OC. The average molecular weight is 399 g/mol. The van der Waals surface area contributed by atoms with Gasteiger partial charge in [-0.1, -0.05) is 116 Å². The van der Waals surface area contributed by atoms with Crippen molar-refractivity contribution in [3.05, 3.63) is 0 Å². The van der Waals surface area contributed by atoms with Gasteiger partial charge in [-0.3, -0.25) is 4.79 Å². The maximum absolute atomic E-state index is 11.0. The van der Waals surface area contributed by atoms with Crippen LogP contribution >= 0.6 is 0 Å². The van der Waals surface area contributed by atoms with Crippen molar-refractivity contribution in [3.8, 4) is 0 Å². The van der Waals surface area contributed by atoms with Gasteiger partial charge in [0.1, 0.15) is 0 Å². The Balaban J connectivity index is 3.09. The van der Waals surface area contributed by atoms with Crippen molar-refractivity contribution in [2.45, 2.75) is 148 Å². The molecule has 1 atom stereocenters. The van der Waals surface area contributed by atoms with E-state index in [0.717, 1.165) is 25.7 Å². The molecule has 0 spiro atoms. The van der Waals surface area contributed by atoms with Crippen molar-refractivity contribution >= 4 is 5.97 Å². The van der Waals surface area contributed by atoms with Crippen LogP contribution in [0.25, 0.3) is 0 Å². The van der Waals surface area contributed by atoms with E-state index in [2.05, 4.69) is 11.7 Å². The van der Waals surface area contributed by atoms with Gasteiger partial charge in [0.2, 0.25) is 0 Å². The molecule has 0 aromatic heterocycles. The zero-order valence-corrected chi connectivity index (χ0v) is 19.2. The summed E-state index contributed by atoms with van der Waals surface area (Å²) in [4.78, 5) is 11.0. The van der Waals surface area contributed by atoms with E-state index in [1.54, 1.807) is 0 Å². The number of aliphatic hydroxyl groups is 1. The van der Waals surface area contributed by atoms with Gasteiger partial charge in [0, 0.05) is 6.42 Å². The van der Waals surface area contributed by atoms with Crippen molar-refractivity contribution < 1.29 is 14.6 Å². The van der Waals surface area contributed by atoms with Crippen LogP contribution in [0.15, 0.2) is 0 Å². The first-order valence-electron chi connectivity index (χ1n) is 12.5. The summed E-state index contributed by atoms with van der Waals surface area (Å²) in [5, 5.41) is 9.90. The molecule has 28 heavy (non-hydrogen) atoms. The first-order chi connectivity index (χ1) is 13.7. The van der Waals surface area contributed by atoms with E-state index in [0.29, 0.717) is 6.42 Å². The molecule has 168 valence electrons. The Hall–Kier alpha value is -0.570. The van der Waals surface area contributed by atoms with Crippen LogP contribution in [0.2, 0.25) is 0 Å². The van der Waals surface area contributed by atoms with Crippen molar-refractivity contribution in [1.82, 2.24) is 0 Å². The molecular weight excluding hydrogens is 348 g/mol. The zero-order chi connectivity index (χ0) is 20.7. The summed E-state index contributed by atoms with van der Waals surface area (Å²) in [5.74, 6) is -0.0726. The van der Waals surface area contributed by atoms with Crippen molar-refractivity contribution in [2.24, 2.45) is 0 Å². The van der Waals surface area contributed by atoms with E-state index in [1.807, 2.05) is 0 Å². The lowest BCUT2D eigenvalue weighted by molar-refractivity contribution is -0.140. The molecule has 0 aromatic carbocycles. The molecule has 0 aliphatic heterocycles. The van der Waals surface area contributed by atoms with E-state index in [1.165, 1.54) is 110 Å². The van der Waals surface area contributed by atoms with E-state index in [9.17, 15) is 9.90 Å². The number of hydrogen-bond donors (Lipinski definition) is 1. The minimum Gasteiger partial charge on any atom is -0.469 e. The summed E-state index contributed by atoms with van der Waals surface area (Å²) < 4.78 is 4.65. The first-order valence-corrected chi connectivity index (χ1v) is 12.5. The van der Waals surface area contributed by atoms with Crippen LogP contribution in [-0.2, 0) is 9.53 Å². The number of rotatable bonds is 22. The molecule has 0 saturated heterocycles. The molecule has 0 fully saturated rings. The van der Waals surface area contributed by atoms with E-state index in [4.69, 9.17) is 0 Å². The second-order valence-electron chi connectivity index (χ2n) is 8.57. The molecule has 3 nitrogen and oxygen atoms in total. The van der Waals surface area contributed by atoms with E-state index < -0.39 is 0 Å². The minimum atomic E-state index is -0.0726. The molecule has 0 rings (SSSR count). The zero-order valence-electron chi connectivity index (χ0n) is 19.2. The standard InChI is InChI=1S/C25H50O3/c1-3-4-18-21-24(26)22-19-16-14-12-10-8-6-5-7-9-11-13-15-17-20-23-25(27)28-2/h24,26H,3-23H2,1-2H3. The lowest BCUT2D eigenvalue weighted by atomic mass is 10.0. The van der Waals surface area contributed by atoms with Gasteiger partial charge in [-0.05, 0) is 19.3 Å². The largest absolute Gasteiger partial charge is 0.469 e. The van der Waals surface area contributed by atoms with Gasteiger partial charge >= 0.3 is 5.97 Å². The maximum atomic E-state index is 11.0. The molecule has 1 unspecified atom stereocenters. The predicted octanol–water partition coefficient (Wildman–Crippen LogP) is 7.73. The third-order valence-electron chi connectivity index (χ3n) is 5.79. The Morgan fingerprint density at radius 3 is 1.39 bits per heavy atom. The van der Waals surface area contributed by atoms with Crippen LogP contribution < -0.4 is 0 Å². The summed E-state index contributed by atoms with van der Waals surface area (Å²) in [6.07, 6.45) is 25.8. The second-order valence-corrected chi connectivity index (χ2v) is 8.57. The third-order valence-corrected chi connectivity index (χ3v) is 5.79. The highest BCUT2D eigenvalue weighted by molar-refractivity contribution is 5.68. The summed E-state index contributed by atoms with van der Waals surface area (Å²) in [6, 6.07) is 0. The lowest BCUT2D eigenvalue weighted by Gasteiger charge is -2.09. The Kier molecular flexibility index (Phi) is 22.3. The number of carbonyl (C=O) groups excluding carboxylic acids is 1. The van der Waals surface area contributed by atoms with Crippen LogP contribution in [0.1, 0.15) is 142 Å². The molecule has 0 bridgehead atoms. The Labute approximate surface area is 176 Å². The normalized spacial score (nSPS) is 12.2. The van der Waals surface area contributed by atoms with Crippen LogP contribution in [0.4, 0.5) is 0 Å². The highest BCUT2D eigenvalue weighted by atomic mass is 16.5. The number of aliphatic hydroxyl groups excluding tert-OH is 1. The fraction of sp³-hybridized carbons (Fsp3) is 0.960. The lowest BCUT2D eigenvalue weighted by Crippen LogP contribution is -2.05. The molecule has 0 saturated carbocycles. The molecule has 0 amide bonds. The highest BCUT2D eigenvalue weighted by Gasteiger charge is 2.03. The van der Waals surface area contributed by atoms with Gasteiger partial charge in [-0.25, -0.2) is 0 Å². The molecule has 0 heterocycles. The van der Waals surface area contributed by atoms with Crippen molar-refractivity contribution in [3.63, 3.8) is 0 Å². The molecule has 0 radical (unpaired) electrons. The molecule has 1 N–H and O–H groups in total. The van der Waals surface area contributed by atoms with E-state index >= 15 is 0 Å². The van der Waals surface area contributed by atoms with E-state index in [-0.39, 0.29) is 12.1 Å². The Morgan fingerprint density at radius 2 is 1.00 bits per heavy atom. The van der Waals surface area contributed by atoms with Crippen LogP contribution in [-0.4, -0.2) is 24.3 Å². The molecular formula is C25H50O3. The number of hydrogen-bond acceptors (Lipinski definition) is 3. The quantitative estimate of drug-likeness (QED) is 0.150. The number of methoxy groups -OCH3 is 1. The molecule has 0 aliphatic rings. The summed E-state index contributed by atoms with van der Waals surface area (Å²) in [5.41, 5.74) is 0. The smallest absolute Gasteiger partial charge is 0.305 e. The fourth-order valence-electron chi connectivity index (χ4n) is 3.82. The highest BCUT2D eigenvalue weighted by Crippen LogP contribution is 2.15. The fourth-order valence-corrected chi connectivity index (χ4v) is 3.82. The summed E-state index contributed by atoms with van der Waals surface area (Å²) >= 11 is 0. The Bertz CT molecular complexity index is 317. The van der Waals surface area contributed by atoms with Gasteiger partial charge in [0.15, 0.2) is 0 Å². The number of ether oxygens (including phenoxy) is 1. The van der Waals surface area contributed by atoms with Crippen LogP contribution in [0, 0.1) is 0 Å². The van der Waals surface area contributed by atoms with Gasteiger partial charge in [0.25, 0.3) is 0 Å². The average Bonchev–Trinajstić information content (AvgIpc) is 2.70. The summed E-state index contributed by atoms with van der Waals surface area (Å²) in [7, 11) is 1.46. The van der Waals surface area contributed by atoms with Crippen molar-refractivity contribution in [1.29, 1.82) is 0 Å². The van der Waals surface area contributed by atoms with Crippen LogP contribution in [0.3, 0.4) is 0 Å². The monoisotopic (exact) mass is 398 g/mol. The Morgan fingerprint density at radius 1 is 0.643 bits per heavy atom. The van der Waals surface area contributed by atoms with Gasteiger partial charge in [-0.15, -0.1) is 0 Å². The topological polar surface area (TPSA) is 46.5 Å². The van der Waals surface area contributed by atoms with Gasteiger partial charge < -0.3 is 9.84 Å². The number of carbonyl (C=O) groups is 1. The molecule has 0 aliphatic carbocycles. The molecule has 0 aromatic rings. The van der Waals surface area contributed by atoms with Crippen LogP contribution in [0.5, 0.6) is 0 Å². The minimum absolute atomic E-state index is 0.0496. The first kappa shape index (κ1) is 27.4.